The van der Waals surface area contributed by atoms with Gasteiger partial charge in [0.05, 0.1) is 18.0 Å². The number of aromatic nitrogens is 2. The Morgan fingerprint density at radius 3 is 2.76 bits per heavy atom. The smallest absolute Gasteiger partial charge is 0.229 e. The fourth-order valence-electron chi connectivity index (χ4n) is 4.54. The van der Waals surface area contributed by atoms with Gasteiger partial charge in [-0.1, -0.05) is 30.4 Å². The van der Waals surface area contributed by atoms with Crippen LogP contribution in [0.4, 0.5) is 17.5 Å². The third-order valence-corrected chi connectivity index (χ3v) is 7.39. The van der Waals surface area contributed by atoms with Gasteiger partial charge in [-0.2, -0.15) is 15.2 Å². The number of fused-ring (bicyclic) bond motifs is 1. The van der Waals surface area contributed by atoms with Crippen molar-refractivity contribution < 1.29 is 0 Å². The zero-order valence-electron chi connectivity index (χ0n) is 18.7. The van der Waals surface area contributed by atoms with Crippen LogP contribution in [-0.2, 0) is 6.42 Å². The van der Waals surface area contributed by atoms with Crippen molar-refractivity contribution in [3.63, 3.8) is 0 Å². The number of nitrogens with one attached hydrogen (secondary N) is 2. The summed E-state index contributed by atoms with van der Waals surface area (Å²) in [6, 6.07) is 10.5. The van der Waals surface area contributed by atoms with E-state index in [-0.39, 0.29) is 12.0 Å². The van der Waals surface area contributed by atoms with E-state index in [9.17, 15) is 0 Å². The summed E-state index contributed by atoms with van der Waals surface area (Å²) in [5.41, 5.74) is 4.53. The van der Waals surface area contributed by atoms with E-state index in [0.717, 1.165) is 35.1 Å². The molecule has 1 aromatic carbocycles. The molecule has 0 spiro atoms. The molecule has 7 nitrogen and oxygen atoms in total. The molecule has 3 heterocycles. The fourth-order valence-corrected chi connectivity index (χ4v) is 5.10. The minimum atomic E-state index is -0.00139. The van der Waals surface area contributed by atoms with Crippen LogP contribution in [0.25, 0.3) is 0 Å². The van der Waals surface area contributed by atoms with E-state index in [1.165, 1.54) is 31.5 Å². The Morgan fingerprint density at radius 1 is 1.12 bits per heavy atom. The molecular weight excluding hydrogens is 525 g/mol. The maximum Gasteiger partial charge on any atom is 0.229 e. The zero-order chi connectivity index (χ0) is 22.6. The van der Waals surface area contributed by atoms with Gasteiger partial charge in [-0.05, 0) is 61.4 Å². The third-order valence-electron chi connectivity index (χ3n) is 6.43. The van der Waals surface area contributed by atoms with Gasteiger partial charge in [0.1, 0.15) is 5.82 Å². The number of benzene rings is 1. The van der Waals surface area contributed by atoms with Crippen LogP contribution in [0.2, 0.25) is 0 Å². The van der Waals surface area contributed by atoms with Gasteiger partial charge in [-0.3, -0.25) is 0 Å². The van der Waals surface area contributed by atoms with Crippen molar-refractivity contribution >= 4 is 52.2 Å². The van der Waals surface area contributed by atoms with Crippen molar-refractivity contribution in [3.8, 4) is 0 Å². The van der Waals surface area contributed by atoms with Gasteiger partial charge in [-0.15, -0.1) is 0 Å². The Bertz CT molecular complexity index is 1100. The lowest BCUT2D eigenvalue weighted by Gasteiger charge is -2.28. The highest BCUT2D eigenvalue weighted by molar-refractivity contribution is 14.1. The van der Waals surface area contributed by atoms with Crippen LogP contribution in [-0.4, -0.2) is 44.1 Å². The Labute approximate surface area is 208 Å². The van der Waals surface area contributed by atoms with E-state index >= 15 is 0 Å². The minimum absolute atomic E-state index is 0.00139. The Balaban J connectivity index is 1.20. The molecule has 0 radical (unpaired) electrons. The topological polar surface area (TPSA) is 77.8 Å². The van der Waals surface area contributed by atoms with Gasteiger partial charge >= 0.3 is 0 Å². The highest BCUT2D eigenvalue weighted by Crippen LogP contribution is 2.26. The zero-order valence-corrected chi connectivity index (χ0v) is 20.8. The van der Waals surface area contributed by atoms with Gasteiger partial charge < -0.3 is 10.6 Å². The first-order chi connectivity index (χ1) is 16.1. The Hall–Kier alpha value is -2.59. The molecule has 0 saturated carbocycles. The summed E-state index contributed by atoms with van der Waals surface area (Å²) in [5.74, 6) is 2.26. The summed E-state index contributed by atoms with van der Waals surface area (Å²) < 4.78 is 2.39. The monoisotopic (exact) mass is 553 g/mol. The summed E-state index contributed by atoms with van der Waals surface area (Å²) in [4.78, 5) is 9.06. The molecule has 8 heteroatoms. The number of hydrogen-bond donors (Lipinski definition) is 2. The van der Waals surface area contributed by atoms with Gasteiger partial charge in [0.25, 0.3) is 0 Å². The molecular formula is C25H28IN7. The summed E-state index contributed by atoms with van der Waals surface area (Å²) >= 11 is 2.43. The Kier molecular flexibility index (Phi) is 6.82. The molecule has 0 bridgehead atoms. The number of piperidine rings is 1. The number of allylic oxidation sites excluding steroid dienone is 3. The largest absolute Gasteiger partial charge is 0.361 e. The standard InChI is InChI=1S/C25H28IN7/c1-17-3-2-4-21-22(16-28-32-24(17)21)30-23-9-12-27-25(31-23)29-20-7-5-18(6-8-20)15-19-10-13-33(26)14-11-19/h2-9,12,16,19,21-22H,10-11,13-15H2,1H3,(H2,27,29,30,31). The second-order valence-electron chi connectivity index (χ2n) is 8.83. The van der Waals surface area contributed by atoms with E-state index in [0.29, 0.717) is 5.95 Å². The molecule has 1 aliphatic carbocycles. The highest BCUT2D eigenvalue weighted by atomic mass is 127. The second-order valence-corrected chi connectivity index (χ2v) is 10.2. The van der Waals surface area contributed by atoms with Gasteiger partial charge in [-0.25, -0.2) is 8.10 Å². The van der Waals surface area contributed by atoms with Crippen molar-refractivity contribution in [1.82, 2.24) is 13.1 Å². The van der Waals surface area contributed by atoms with Crippen LogP contribution in [0, 0.1) is 11.8 Å². The number of rotatable bonds is 6. The fraction of sp³-hybridized carbons (Fsp3) is 0.360. The summed E-state index contributed by atoms with van der Waals surface area (Å²) in [6.45, 7) is 4.46. The lowest BCUT2D eigenvalue weighted by Crippen LogP contribution is -2.38. The SMILES string of the molecule is CC1=CC=CC2C1=NN=CC2Nc1ccnc(Nc2ccc(CC3CCN(I)CC3)cc2)n1. The maximum atomic E-state index is 4.66. The van der Waals surface area contributed by atoms with Crippen LogP contribution < -0.4 is 10.6 Å². The average Bonchev–Trinajstić information content (AvgIpc) is 2.83. The first-order valence-corrected chi connectivity index (χ1v) is 12.4. The molecule has 2 aliphatic heterocycles. The molecule has 2 unspecified atom stereocenters. The number of hydrogen-bond acceptors (Lipinski definition) is 7. The minimum Gasteiger partial charge on any atom is -0.361 e. The molecule has 2 atom stereocenters. The molecule has 2 aromatic rings. The van der Waals surface area contributed by atoms with E-state index in [2.05, 4.69) is 106 Å². The molecule has 1 aromatic heterocycles. The summed E-state index contributed by atoms with van der Waals surface area (Å²) in [6.07, 6.45) is 13.6. The van der Waals surface area contributed by atoms with E-state index in [4.69, 9.17) is 0 Å². The summed E-state index contributed by atoms with van der Waals surface area (Å²) in [5, 5.41) is 15.3. The van der Waals surface area contributed by atoms with Crippen molar-refractivity contribution in [3.05, 3.63) is 65.9 Å². The van der Waals surface area contributed by atoms with Gasteiger partial charge in [0.2, 0.25) is 5.95 Å². The van der Waals surface area contributed by atoms with Gasteiger partial charge in [0, 0.05) is 53.8 Å². The van der Waals surface area contributed by atoms with Crippen LogP contribution in [0.1, 0.15) is 25.3 Å². The summed E-state index contributed by atoms with van der Waals surface area (Å²) in [7, 11) is 0. The highest BCUT2D eigenvalue weighted by Gasteiger charge is 2.28. The van der Waals surface area contributed by atoms with Crippen LogP contribution in [0.15, 0.2) is 70.5 Å². The molecule has 1 fully saturated rings. The van der Waals surface area contributed by atoms with Crippen molar-refractivity contribution in [1.29, 1.82) is 0 Å². The first kappa shape index (κ1) is 22.2. The van der Waals surface area contributed by atoms with Crippen molar-refractivity contribution in [2.45, 2.75) is 32.2 Å². The molecule has 1 saturated heterocycles. The molecule has 3 aliphatic rings. The quantitative estimate of drug-likeness (QED) is 0.381. The maximum absolute atomic E-state index is 4.66. The normalized spacial score (nSPS) is 23.0. The first-order valence-electron chi connectivity index (χ1n) is 11.5. The van der Waals surface area contributed by atoms with E-state index in [1.807, 2.05) is 12.3 Å². The number of halogens is 1. The van der Waals surface area contributed by atoms with Crippen LogP contribution in [0.5, 0.6) is 0 Å². The lowest BCUT2D eigenvalue weighted by molar-refractivity contribution is 0.307. The molecule has 170 valence electrons. The van der Waals surface area contributed by atoms with E-state index < -0.39 is 0 Å². The van der Waals surface area contributed by atoms with Crippen molar-refractivity contribution in [2.24, 2.45) is 22.0 Å². The van der Waals surface area contributed by atoms with Gasteiger partial charge in [0.15, 0.2) is 0 Å². The molecule has 0 amide bonds. The second kappa shape index (κ2) is 10.1. The number of anilines is 3. The molecule has 33 heavy (non-hydrogen) atoms. The van der Waals surface area contributed by atoms with E-state index in [1.54, 1.807) is 6.20 Å². The molecule has 5 rings (SSSR count). The average molecular weight is 553 g/mol. The lowest BCUT2D eigenvalue weighted by atomic mass is 9.86. The van der Waals surface area contributed by atoms with Crippen LogP contribution >= 0.6 is 22.9 Å². The number of nitrogens with zero attached hydrogens (tertiary/aromatic N) is 5. The van der Waals surface area contributed by atoms with Crippen molar-refractivity contribution in [2.75, 3.05) is 23.7 Å². The predicted molar refractivity (Wildman–Crippen MR) is 144 cm³/mol. The third kappa shape index (κ3) is 5.50. The Morgan fingerprint density at radius 2 is 1.94 bits per heavy atom. The van der Waals surface area contributed by atoms with Crippen LogP contribution in [0.3, 0.4) is 0 Å². The molecule has 2 N–H and O–H groups in total. The predicted octanol–water partition coefficient (Wildman–Crippen LogP) is 5.18.